The second-order valence-corrected chi connectivity index (χ2v) is 3.48. The van der Waals surface area contributed by atoms with E-state index in [1.165, 1.54) is 24.3 Å². The molecule has 0 saturated heterocycles. The monoisotopic (exact) mass is 198 g/mol. The average Bonchev–Trinajstić information content (AvgIpc) is 2.81. The van der Waals surface area contributed by atoms with Crippen molar-refractivity contribution in [2.45, 2.75) is 18.0 Å². The Morgan fingerprint density at radius 2 is 2.00 bits per heavy atom. The van der Waals surface area contributed by atoms with Gasteiger partial charge in [-0.3, -0.25) is 0 Å². The van der Waals surface area contributed by atoms with Crippen molar-refractivity contribution < 1.29 is 18.7 Å². The fourth-order valence-corrected chi connectivity index (χ4v) is 1.55. The van der Waals surface area contributed by atoms with E-state index in [-0.39, 0.29) is 6.42 Å². The first-order valence-corrected chi connectivity index (χ1v) is 4.22. The first-order chi connectivity index (χ1) is 6.54. The summed E-state index contributed by atoms with van der Waals surface area (Å²) in [5, 5.41) is 8.55. The smallest absolute Gasteiger partial charge is 0.342 e. The molecular weight excluding hydrogens is 190 g/mol. The number of rotatable bonds is 2. The summed E-state index contributed by atoms with van der Waals surface area (Å²) >= 11 is 0. The Kier molecular flexibility index (Phi) is 1.80. The zero-order valence-corrected chi connectivity index (χ0v) is 7.21. The van der Waals surface area contributed by atoms with Gasteiger partial charge in [0.15, 0.2) is 0 Å². The van der Waals surface area contributed by atoms with Gasteiger partial charge in [0.1, 0.15) is 5.82 Å². The lowest BCUT2D eigenvalue weighted by Crippen LogP contribution is -2.17. The van der Waals surface area contributed by atoms with Gasteiger partial charge in [-0.25, -0.2) is 13.6 Å². The highest BCUT2D eigenvalue weighted by Gasteiger charge is 2.62. The van der Waals surface area contributed by atoms with E-state index in [4.69, 9.17) is 5.11 Å². The van der Waals surface area contributed by atoms with Crippen LogP contribution in [0.3, 0.4) is 0 Å². The van der Waals surface area contributed by atoms with E-state index in [2.05, 4.69) is 0 Å². The molecule has 1 saturated carbocycles. The zero-order chi connectivity index (χ0) is 10.3. The fourth-order valence-electron chi connectivity index (χ4n) is 1.55. The molecule has 0 amide bonds. The van der Waals surface area contributed by atoms with Crippen molar-refractivity contribution >= 4 is 5.97 Å². The van der Waals surface area contributed by atoms with Gasteiger partial charge in [-0.15, -0.1) is 0 Å². The lowest BCUT2D eigenvalue weighted by atomic mass is 10.1. The molecule has 2 rings (SSSR count). The number of carbonyl (C=O) groups is 1. The Morgan fingerprint density at radius 1 is 1.43 bits per heavy atom. The molecule has 0 radical (unpaired) electrons. The third kappa shape index (κ3) is 1.27. The van der Waals surface area contributed by atoms with E-state index < -0.39 is 23.4 Å². The Balaban J connectivity index is 2.21. The highest BCUT2D eigenvalue weighted by atomic mass is 19.1. The minimum atomic E-state index is -2.14. The van der Waals surface area contributed by atoms with Crippen LogP contribution in [-0.4, -0.2) is 16.7 Å². The summed E-state index contributed by atoms with van der Waals surface area (Å²) in [4.78, 5) is 10.5. The molecule has 0 bridgehead atoms. The molecule has 0 spiro atoms. The molecule has 2 unspecified atom stereocenters. The molecule has 1 aliphatic carbocycles. The van der Waals surface area contributed by atoms with Crippen molar-refractivity contribution in [3.05, 3.63) is 35.6 Å². The van der Waals surface area contributed by atoms with Gasteiger partial charge in [-0.1, -0.05) is 12.1 Å². The van der Waals surface area contributed by atoms with Gasteiger partial charge in [-0.2, -0.15) is 0 Å². The predicted molar refractivity (Wildman–Crippen MR) is 45.2 cm³/mol. The van der Waals surface area contributed by atoms with Crippen LogP contribution in [0.4, 0.5) is 8.78 Å². The van der Waals surface area contributed by atoms with Crippen LogP contribution in [-0.2, 0) is 4.79 Å². The summed E-state index contributed by atoms with van der Waals surface area (Å²) in [5.41, 5.74) is -1.60. The summed E-state index contributed by atoms with van der Waals surface area (Å²) in [6.45, 7) is 0. The maximum Gasteiger partial charge on any atom is 0.342 e. The Bertz CT molecular complexity index is 374. The molecule has 74 valence electrons. The summed E-state index contributed by atoms with van der Waals surface area (Å²) in [7, 11) is 0. The first-order valence-electron chi connectivity index (χ1n) is 4.22. The van der Waals surface area contributed by atoms with Crippen LogP contribution < -0.4 is 0 Å². The van der Waals surface area contributed by atoms with Gasteiger partial charge < -0.3 is 5.11 Å². The number of aliphatic carboxylic acids is 1. The number of carboxylic acids is 1. The number of hydrogen-bond acceptors (Lipinski definition) is 1. The van der Waals surface area contributed by atoms with E-state index in [1.54, 1.807) is 0 Å². The number of hydrogen-bond donors (Lipinski definition) is 1. The molecule has 1 fully saturated rings. The van der Waals surface area contributed by atoms with Crippen molar-refractivity contribution in [3.63, 3.8) is 0 Å². The number of benzene rings is 1. The second kappa shape index (κ2) is 2.77. The Labute approximate surface area is 79.2 Å². The third-order valence-electron chi connectivity index (χ3n) is 2.52. The van der Waals surface area contributed by atoms with Crippen LogP contribution >= 0.6 is 0 Å². The van der Waals surface area contributed by atoms with E-state index >= 15 is 0 Å². The van der Waals surface area contributed by atoms with E-state index in [9.17, 15) is 13.6 Å². The van der Waals surface area contributed by atoms with Crippen molar-refractivity contribution in [3.8, 4) is 0 Å². The molecule has 1 N–H and O–H groups in total. The van der Waals surface area contributed by atoms with Crippen LogP contribution in [0.25, 0.3) is 0 Å². The van der Waals surface area contributed by atoms with Crippen molar-refractivity contribution in [1.82, 2.24) is 0 Å². The summed E-state index contributed by atoms with van der Waals surface area (Å²) in [5.74, 6) is -2.47. The molecule has 14 heavy (non-hydrogen) atoms. The van der Waals surface area contributed by atoms with Crippen LogP contribution in [0.5, 0.6) is 0 Å². The summed E-state index contributed by atoms with van der Waals surface area (Å²) in [6.07, 6.45) is -0.0199. The minimum Gasteiger partial charge on any atom is -0.479 e. The topological polar surface area (TPSA) is 37.3 Å². The van der Waals surface area contributed by atoms with Crippen molar-refractivity contribution in [2.24, 2.45) is 0 Å². The molecule has 1 aromatic carbocycles. The second-order valence-electron chi connectivity index (χ2n) is 3.48. The van der Waals surface area contributed by atoms with Crippen molar-refractivity contribution in [1.29, 1.82) is 0 Å². The standard InChI is InChI=1S/C10H8F2O2/c11-7-3-1-6(2-4-7)8-5-10(8,12)9(13)14/h1-4,8H,5H2,(H,13,14). The molecule has 1 aliphatic rings. The molecule has 2 atom stereocenters. The molecule has 0 aliphatic heterocycles. The number of halogens is 2. The van der Waals surface area contributed by atoms with Gasteiger partial charge in [0.2, 0.25) is 5.67 Å². The van der Waals surface area contributed by atoms with Crippen LogP contribution in [0.2, 0.25) is 0 Å². The SMILES string of the molecule is O=C(O)C1(F)CC1c1ccc(F)cc1. The zero-order valence-electron chi connectivity index (χ0n) is 7.21. The van der Waals surface area contributed by atoms with Crippen LogP contribution in [0.15, 0.2) is 24.3 Å². The minimum absolute atomic E-state index is 0.0199. The molecule has 4 heteroatoms. The number of alkyl halides is 1. The maximum absolute atomic E-state index is 13.4. The van der Waals surface area contributed by atoms with Gasteiger partial charge in [0, 0.05) is 12.3 Å². The molecule has 1 aromatic rings. The van der Waals surface area contributed by atoms with E-state index in [0.717, 1.165) is 0 Å². The quantitative estimate of drug-likeness (QED) is 0.790. The highest BCUT2D eigenvalue weighted by molar-refractivity contribution is 5.83. The maximum atomic E-state index is 13.4. The summed E-state index contributed by atoms with van der Waals surface area (Å²) in [6, 6.07) is 5.25. The molecule has 0 aromatic heterocycles. The average molecular weight is 198 g/mol. The number of carboxylic acid groups (broad SMARTS) is 1. The first kappa shape index (κ1) is 9.12. The van der Waals surface area contributed by atoms with Crippen molar-refractivity contribution in [2.75, 3.05) is 0 Å². The Hall–Kier alpha value is -1.45. The van der Waals surface area contributed by atoms with Crippen LogP contribution in [0, 0.1) is 5.82 Å². The largest absolute Gasteiger partial charge is 0.479 e. The van der Waals surface area contributed by atoms with Gasteiger partial charge in [0.05, 0.1) is 0 Å². The Morgan fingerprint density at radius 3 is 2.43 bits per heavy atom. The van der Waals surface area contributed by atoms with Gasteiger partial charge >= 0.3 is 5.97 Å². The lowest BCUT2D eigenvalue weighted by molar-refractivity contribution is -0.144. The van der Waals surface area contributed by atoms with Gasteiger partial charge in [0.25, 0.3) is 0 Å². The molecule has 0 heterocycles. The third-order valence-corrected chi connectivity index (χ3v) is 2.52. The summed E-state index contributed by atoms with van der Waals surface area (Å²) < 4.78 is 25.9. The highest BCUT2D eigenvalue weighted by Crippen LogP contribution is 2.54. The lowest BCUT2D eigenvalue weighted by Gasteiger charge is -2.01. The molecule has 2 nitrogen and oxygen atoms in total. The van der Waals surface area contributed by atoms with E-state index in [0.29, 0.717) is 5.56 Å². The molecular formula is C10H8F2O2. The normalized spacial score (nSPS) is 30.0. The van der Waals surface area contributed by atoms with E-state index in [1.807, 2.05) is 0 Å². The fraction of sp³-hybridized carbons (Fsp3) is 0.300. The van der Waals surface area contributed by atoms with Gasteiger partial charge in [-0.05, 0) is 17.7 Å². The predicted octanol–water partition coefficient (Wildman–Crippen LogP) is 2.11. The van der Waals surface area contributed by atoms with Crippen LogP contribution in [0.1, 0.15) is 17.9 Å².